The first-order valence-electron chi connectivity index (χ1n) is 9.72. The van der Waals surface area contributed by atoms with Gasteiger partial charge < -0.3 is 10.1 Å². The molecule has 0 fully saturated rings. The van der Waals surface area contributed by atoms with E-state index in [0.717, 1.165) is 11.1 Å². The zero-order valence-electron chi connectivity index (χ0n) is 16.6. The molecule has 31 heavy (non-hydrogen) atoms. The number of benzene rings is 3. The third-order valence-corrected chi connectivity index (χ3v) is 4.90. The lowest BCUT2D eigenvalue weighted by molar-refractivity contribution is -0.122. The van der Waals surface area contributed by atoms with Gasteiger partial charge in [0, 0.05) is 5.02 Å². The van der Waals surface area contributed by atoms with Crippen molar-refractivity contribution in [2.24, 2.45) is 0 Å². The lowest BCUT2D eigenvalue weighted by Crippen LogP contribution is -2.33. The standard InChI is InChI=1S/C23H20ClN5O2/c24-19-11-13-20(14-12-19)31-16-21-26-27-28-29(21)15-22(30)25-23(17-7-3-1-4-8-17)18-9-5-2-6-10-18/h1-14,23H,15-16H2,(H,25,30). The van der Waals surface area contributed by atoms with E-state index >= 15 is 0 Å². The molecular weight excluding hydrogens is 414 g/mol. The molecule has 0 aliphatic heterocycles. The molecular formula is C23H20ClN5O2. The monoisotopic (exact) mass is 433 g/mol. The second-order valence-electron chi connectivity index (χ2n) is 6.82. The van der Waals surface area contributed by atoms with Gasteiger partial charge in [0.25, 0.3) is 0 Å². The highest BCUT2D eigenvalue weighted by Crippen LogP contribution is 2.22. The molecule has 0 bridgehead atoms. The van der Waals surface area contributed by atoms with Crippen molar-refractivity contribution in [2.75, 3.05) is 0 Å². The van der Waals surface area contributed by atoms with Crippen molar-refractivity contribution in [2.45, 2.75) is 19.2 Å². The predicted molar refractivity (Wildman–Crippen MR) is 116 cm³/mol. The van der Waals surface area contributed by atoms with Crippen molar-refractivity contribution in [3.8, 4) is 5.75 Å². The molecule has 8 heteroatoms. The Bertz CT molecular complexity index is 1080. The summed E-state index contributed by atoms with van der Waals surface area (Å²) in [4.78, 5) is 12.8. The van der Waals surface area contributed by atoms with Crippen molar-refractivity contribution in [1.29, 1.82) is 0 Å². The molecule has 3 aromatic carbocycles. The van der Waals surface area contributed by atoms with Gasteiger partial charge in [-0.1, -0.05) is 72.3 Å². The number of nitrogens with one attached hydrogen (secondary N) is 1. The molecule has 0 spiro atoms. The first-order chi connectivity index (χ1) is 15.2. The van der Waals surface area contributed by atoms with E-state index in [4.69, 9.17) is 16.3 Å². The normalized spacial score (nSPS) is 10.8. The number of amides is 1. The van der Waals surface area contributed by atoms with E-state index < -0.39 is 0 Å². The van der Waals surface area contributed by atoms with Crippen LogP contribution in [0.3, 0.4) is 0 Å². The maximum absolute atomic E-state index is 12.8. The zero-order chi connectivity index (χ0) is 21.5. The van der Waals surface area contributed by atoms with Crippen molar-refractivity contribution in [1.82, 2.24) is 25.5 Å². The van der Waals surface area contributed by atoms with Crippen LogP contribution in [0.1, 0.15) is 23.0 Å². The largest absolute Gasteiger partial charge is 0.486 e. The topological polar surface area (TPSA) is 81.9 Å². The van der Waals surface area contributed by atoms with E-state index in [9.17, 15) is 4.79 Å². The number of aromatic nitrogens is 4. The highest BCUT2D eigenvalue weighted by Gasteiger charge is 2.18. The summed E-state index contributed by atoms with van der Waals surface area (Å²) in [6.07, 6.45) is 0. The van der Waals surface area contributed by atoms with Crippen LogP contribution in [-0.4, -0.2) is 26.1 Å². The predicted octanol–water partition coefficient (Wildman–Crippen LogP) is 3.81. The number of rotatable bonds is 8. The first-order valence-corrected chi connectivity index (χ1v) is 10.1. The molecule has 0 unspecified atom stereocenters. The van der Waals surface area contributed by atoms with Gasteiger partial charge in [-0.2, -0.15) is 0 Å². The third kappa shape index (κ3) is 5.46. The summed E-state index contributed by atoms with van der Waals surface area (Å²) >= 11 is 5.89. The molecule has 0 saturated heterocycles. The SMILES string of the molecule is O=C(Cn1nnnc1COc1ccc(Cl)cc1)NC(c1ccccc1)c1ccccc1. The van der Waals surface area contributed by atoms with E-state index in [1.54, 1.807) is 24.3 Å². The van der Waals surface area contributed by atoms with E-state index in [1.165, 1.54) is 4.68 Å². The molecule has 4 aromatic rings. The number of tetrazole rings is 1. The quantitative estimate of drug-likeness (QED) is 0.457. The average Bonchev–Trinajstić information content (AvgIpc) is 3.25. The van der Waals surface area contributed by atoms with Gasteiger partial charge in [0.15, 0.2) is 5.82 Å². The molecule has 0 radical (unpaired) electrons. The Morgan fingerprint density at radius 2 is 1.55 bits per heavy atom. The van der Waals surface area contributed by atoms with Crippen molar-refractivity contribution in [3.63, 3.8) is 0 Å². The molecule has 7 nitrogen and oxygen atoms in total. The summed E-state index contributed by atoms with van der Waals surface area (Å²) in [6.45, 7) is 0.102. The lowest BCUT2D eigenvalue weighted by Gasteiger charge is -2.20. The molecule has 1 aromatic heterocycles. The van der Waals surface area contributed by atoms with Crippen LogP contribution >= 0.6 is 11.6 Å². The van der Waals surface area contributed by atoms with Crippen LogP contribution in [0.5, 0.6) is 5.75 Å². The Kier molecular flexibility index (Phi) is 6.54. The second kappa shape index (κ2) is 9.86. The van der Waals surface area contributed by atoms with Gasteiger partial charge in [0.05, 0.1) is 6.04 Å². The zero-order valence-corrected chi connectivity index (χ0v) is 17.3. The molecule has 0 aliphatic carbocycles. The van der Waals surface area contributed by atoms with E-state index in [-0.39, 0.29) is 25.1 Å². The van der Waals surface area contributed by atoms with Crippen LogP contribution in [0.4, 0.5) is 0 Å². The van der Waals surface area contributed by atoms with Gasteiger partial charge in [0.1, 0.15) is 18.9 Å². The maximum Gasteiger partial charge on any atom is 0.242 e. The van der Waals surface area contributed by atoms with Gasteiger partial charge in [-0.15, -0.1) is 5.10 Å². The Balaban J connectivity index is 1.44. The van der Waals surface area contributed by atoms with E-state index in [2.05, 4.69) is 20.8 Å². The van der Waals surface area contributed by atoms with Crippen molar-refractivity contribution in [3.05, 3.63) is 107 Å². The van der Waals surface area contributed by atoms with Gasteiger partial charge in [0.2, 0.25) is 5.91 Å². The molecule has 1 N–H and O–H groups in total. The minimum atomic E-state index is -0.278. The molecule has 0 atom stereocenters. The molecule has 0 aliphatic rings. The highest BCUT2D eigenvalue weighted by molar-refractivity contribution is 6.30. The number of hydrogen-bond acceptors (Lipinski definition) is 5. The Morgan fingerprint density at radius 3 is 2.16 bits per heavy atom. The molecule has 0 saturated carbocycles. The smallest absolute Gasteiger partial charge is 0.242 e. The third-order valence-electron chi connectivity index (χ3n) is 4.65. The number of halogens is 1. The van der Waals surface area contributed by atoms with Crippen LogP contribution in [0.2, 0.25) is 5.02 Å². The molecule has 1 heterocycles. The first kappa shape index (κ1) is 20.6. The number of hydrogen-bond donors (Lipinski definition) is 1. The average molecular weight is 434 g/mol. The lowest BCUT2D eigenvalue weighted by atomic mass is 9.99. The van der Waals surface area contributed by atoms with Crippen LogP contribution in [0.25, 0.3) is 0 Å². The van der Waals surface area contributed by atoms with Crippen molar-refractivity contribution < 1.29 is 9.53 Å². The molecule has 1 amide bonds. The maximum atomic E-state index is 12.8. The summed E-state index contributed by atoms with van der Waals surface area (Å²) in [5, 5.41) is 15.3. The Labute approximate surface area is 184 Å². The Hall–Kier alpha value is -3.71. The molecule has 4 rings (SSSR count). The highest BCUT2D eigenvalue weighted by atomic mass is 35.5. The number of carbonyl (C=O) groups is 1. The van der Waals surface area contributed by atoms with E-state index in [0.29, 0.717) is 16.6 Å². The second-order valence-corrected chi connectivity index (χ2v) is 7.25. The fourth-order valence-corrected chi connectivity index (χ4v) is 3.25. The van der Waals surface area contributed by atoms with Gasteiger partial charge in [-0.3, -0.25) is 4.79 Å². The number of nitrogens with zero attached hydrogens (tertiary/aromatic N) is 4. The summed E-state index contributed by atoms with van der Waals surface area (Å²) in [5.41, 5.74) is 1.98. The van der Waals surface area contributed by atoms with Gasteiger partial charge >= 0.3 is 0 Å². The minimum Gasteiger partial charge on any atom is -0.486 e. The fraction of sp³-hybridized carbons (Fsp3) is 0.130. The summed E-state index contributed by atoms with van der Waals surface area (Å²) in [6, 6.07) is 26.3. The van der Waals surface area contributed by atoms with E-state index in [1.807, 2.05) is 60.7 Å². The van der Waals surface area contributed by atoms with Gasteiger partial charge in [-0.05, 0) is 45.8 Å². The summed E-state index contributed by atoms with van der Waals surface area (Å²) in [7, 11) is 0. The minimum absolute atomic E-state index is 0.0253. The number of ether oxygens (including phenoxy) is 1. The van der Waals surface area contributed by atoms with Crippen LogP contribution in [-0.2, 0) is 17.9 Å². The van der Waals surface area contributed by atoms with Gasteiger partial charge in [-0.25, -0.2) is 4.68 Å². The van der Waals surface area contributed by atoms with Crippen LogP contribution in [0, 0.1) is 0 Å². The summed E-state index contributed by atoms with van der Waals surface area (Å²) in [5.74, 6) is 0.871. The summed E-state index contributed by atoms with van der Waals surface area (Å²) < 4.78 is 7.12. The fourth-order valence-electron chi connectivity index (χ4n) is 3.12. The Morgan fingerprint density at radius 1 is 0.935 bits per heavy atom. The molecule has 156 valence electrons. The number of carbonyl (C=O) groups excluding carboxylic acids is 1. The van der Waals surface area contributed by atoms with Crippen LogP contribution in [0.15, 0.2) is 84.9 Å². The van der Waals surface area contributed by atoms with Crippen LogP contribution < -0.4 is 10.1 Å². The van der Waals surface area contributed by atoms with Crippen molar-refractivity contribution >= 4 is 17.5 Å².